The Kier molecular flexibility index (Phi) is 15.8. The molecule has 0 unspecified atom stereocenters. The molecule has 0 heterocycles. The SMILES string of the molecule is CC(C)(C)OC(=O)NOCCOCC(=O)NCC(=O)NCCOCCOCCN. The highest BCUT2D eigenvalue weighted by Gasteiger charge is 2.15. The summed E-state index contributed by atoms with van der Waals surface area (Å²) in [6.07, 6.45) is -0.716. The number of hydrogen-bond donors (Lipinski definition) is 4. The number of nitrogens with two attached hydrogens (primary N) is 1. The minimum atomic E-state index is -0.716. The van der Waals surface area contributed by atoms with E-state index in [0.29, 0.717) is 39.5 Å². The van der Waals surface area contributed by atoms with Gasteiger partial charge in [-0.1, -0.05) is 0 Å². The Balaban J connectivity index is 3.48. The average molecular weight is 422 g/mol. The lowest BCUT2D eigenvalue weighted by Crippen LogP contribution is -2.39. The number of hydroxylamine groups is 1. The Hall–Kier alpha value is -1.99. The number of carbonyl (C=O) groups excluding carboxylic acids is 3. The molecule has 0 rings (SSSR count). The van der Waals surface area contributed by atoms with Crippen molar-refractivity contribution in [1.29, 1.82) is 0 Å². The van der Waals surface area contributed by atoms with E-state index in [2.05, 4.69) is 16.1 Å². The van der Waals surface area contributed by atoms with Crippen molar-refractivity contribution in [2.45, 2.75) is 26.4 Å². The van der Waals surface area contributed by atoms with Crippen molar-refractivity contribution in [1.82, 2.24) is 16.1 Å². The smallest absolute Gasteiger partial charge is 0.431 e. The van der Waals surface area contributed by atoms with Crippen LogP contribution >= 0.6 is 0 Å². The van der Waals surface area contributed by atoms with Gasteiger partial charge in [-0.3, -0.25) is 14.4 Å². The first-order valence-electron chi connectivity index (χ1n) is 9.32. The Morgan fingerprint density at radius 2 is 1.48 bits per heavy atom. The summed E-state index contributed by atoms with van der Waals surface area (Å²) in [5, 5.41) is 5.01. The van der Waals surface area contributed by atoms with E-state index in [1.807, 2.05) is 0 Å². The number of rotatable bonds is 16. The predicted molar refractivity (Wildman–Crippen MR) is 103 cm³/mol. The third-order valence-corrected chi connectivity index (χ3v) is 2.77. The van der Waals surface area contributed by atoms with E-state index < -0.39 is 17.6 Å². The fourth-order valence-electron chi connectivity index (χ4n) is 1.63. The van der Waals surface area contributed by atoms with Gasteiger partial charge in [0.25, 0.3) is 0 Å². The van der Waals surface area contributed by atoms with Crippen LogP contribution in [0.2, 0.25) is 0 Å². The standard InChI is InChI=1S/C17H34N4O8/c1-17(2,3)29-16(24)21-28-11-10-27-13-15(23)20-12-14(22)19-5-7-26-9-8-25-6-4-18/h4-13,18H2,1-3H3,(H,19,22)(H,20,23)(H,21,24). The summed E-state index contributed by atoms with van der Waals surface area (Å²) in [7, 11) is 0. The minimum Gasteiger partial charge on any atom is -0.442 e. The third-order valence-electron chi connectivity index (χ3n) is 2.77. The summed E-state index contributed by atoms with van der Waals surface area (Å²) >= 11 is 0. The van der Waals surface area contributed by atoms with Gasteiger partial charge in [-0.15, -0.1) is 0 Å². The zero-order chi connectivity index (χ0) is 22.0. The molecule has 0 aliphatic heterocycles. The van der Waals surface area contributed by atoms with Crippen LogP contribution in [0, 0.1) is 0 Å². The zero-order valence-corrected chi connectivity index (χ0v) is 17.4. The lowest BCUT2D eigenvalue weighted by molar-refractivity contribution is -0.129. The largest absolute Gasteiger partial charge is 0.442 e. The number of hydrogen-bond acceptors (Lipinski definition) is 9. The summed E-state index contributed by atoms with van der Waals surface area (Å²) in [6, 6.07) is 0. The Labute approximate surface area is 171 Å². The van der Waals surface area contributed by atoms with E-state index in [1.54, 1.807) is 20.8 Å². The molecule has 0 fully saturated rings. The van der Waals surface area contributed by atoms with Crippen LogP contribution < -0.4 is 21.8 Å². The summed E-state index contributed by atoms with van der Waals surface area (Å²) in [4.78, 5) is 39.3. The van der Waals surface area contributed by atoms with Crippen molar-refractivity contribution in [3.8, 4) is 0 Å². The lowest BCUT2D eigenvalue weighted by Gasteiger charge is -2.19. The van der Waals surface area contributed by atoms with Crippen molar-refractivity contribution in [2.24, 2.45) is 5.73 Å². The highest BCUT2D eigenvalue weighted by molar-refractivity contribution is 5.85. The quantitative estimate of drug-likeness (QED) is 0.175. The van der Waals surface area contributed by atoms with Crippen LogP contribution in [0.1, 0.15) is 20.8 Å². The minimum absolute atomic E-state index is 0.0320. The first-order valence-corrected chi connectivity index (χ1v) is 9.32. The first kappa shape index (κ1) is 27.0. The van der Waals surface area contributed by atoms with Gasteiger partial charge in [-0.05, 0) is 20.8 Å². The fraction of sp³-hybridized carbons (Fsp3) is 0.824. The molecule has 29 heavy (non-hydrogen) atoms. The van der Waals surface area contributed by atoms with Crippen molar-refractivity contribution in [2.75, 3.05) is 65.9 Å². The molecule has 12 heteroatoms. The fourth-order valence-corrected chi connectivity index (χ4v) is 1.63. The summed E-state index contributed by atoms with van der Waals surface area (Å²) in [5.41, 5.74) is 6.74. The number of amides is 3. The molecule has 0 spiro atoms. The Morgan fingerprint density at radius 3 is 2.14 bits per heavy atom. The molecular weight excluding hydrogens is 388 g/mol. The van der Waals surface area contributed by atoms with E-state index in [-0.39, 0.29) is 32.3 Å². The van der Waals surface area contributed by atoms with Gasteiger partial charge in [-0.2, -0.15) is 5.48 Å². The van der Waals surface area contributed by atoms with Gasteiger partial charge in [0, 0.05) is 13.1 Å². The summed E-state index contributed by atoms with van der Waals surface area (Å²) in [6.45, 7) is 7.35. The van der Waals surface area contributed by atoms with Crippen LogP contribution in [-0.4, -0.2) is 89.4 Å². The molecule has 12 nitrogen and oxygen atoms in total. The van der Waals surface area contributed by atoms with E-state index in [0.717, 1.165) is 0 Å². The molecule has 0 saturated heterocycles. The number of carbonyl (C=O) groups is 3. The molecule has 0 aromatic carbocycles. The number of ether oxygens (including phenoxy) is 4. The van der Waals surface area contributed by atoms with Crippen molar-refractivity contribution >= 4 is 17.9 Å². The second-order valence-corrected chi connectivity index (χ2v) is 6.65. The Bertz CT molecular complexity index is 471. The van der Waals surface area contributed by atoms with Gasteiger partial charge in [0.1, 0.15) is 12.2 Å². The summed E-state index contributed by atoms with van der Waals surface area (Å²) in [5.74, 6) is -0.792. The molecule has 0 aliphatic rings. The van der Waals surface area contributed by atoms with Crippen LogP contribution in [0.25, 0.3) is 0 Å². The van der Waals surface area contributed by atoms with Crippen LogP contribution in [0.4, 0.5) is 4.79 Å². The maximum absolute atomic E-state index is 11.6. The first-order chi connectivity index (χ1) is 13.7. The summed E-state index contributed by atoms with van der Waals surface area (Å²) < 4.78 is 20.4. The van der Waals surface area contributed by atoms with E-state index in [4.69, 9.17) is 29.5 Å². The lowest BCUT2D eigenvalue weighted by atomic mass is 10.2. The molecule has 170 valence electrons. The second-order valence-electron chi connectivity index (χ2n) is 6.65. The van der Waals surface area contributed by atoms with Crippen molar-refractivity contribution < 1.29 is 38.2 Å². The molecule has 5 N–H and O–H groups in total. The topological polar surface area (TPSA) is 159 Å². The molecule has 0 saturated carbocycles. The van der Waals surface area contributed by atoms with Crippen LogP contribution in [0.3, 0.4) is 0 Å². The Morgan fingerprint density at radius 1 is 0.828 bits per heavy atom. The highest BCUT2D eigenvalue weighted by atomic mass is 16.7. The van der Waals surface area contributed by atoms with Gasteiger partial charge in [0.2, 0.25) is 11.8 Å². The van der Waals surface area contributed by atoms with Crippen LogP contribution in [-0.2, 0) is 33.4 Å². The molecule has 0 bridgehead atoms. The molecule has 0 atom stereocenters. The third kappa shape index (κ3) is 20.6. The highest BCUT2D eigenvalue weighted by Crippen LogP contribution is 2.06. The molecule has 0 aliphatic carbocycles. The van der Waals surface area contributed by atoms with Gasteiger partial charge in [0.05, 0.1) is 46.2 Å². The van der Waals surface area contributed by atoms with Gasteiger partial charge in [-0.25, -0.2) is 4.79 Å². The molecule has 0 radical (unpaired) electrons. The molecule has 3 amide bonds. The molecule has 0 aromatic rings. The van der Waals surface area contributed by atoms with E-state index in [1.165, 1.54) is 0 Å². The second kappa shape index (κ2) is 16.9. The number of nitrogens with one attached hydrogen (secondary N) is 3. The van der Waals surface area contributed by atoms with Gasteiger partial charge in [0.15, 0.2) is 0 Å². The normalized spacial score (nSPS) is 11.0. The van der Waals surface area contributed by atoms with Crippen LogP contribution in [0.5, 0.6) is 0 Å². The maximum Gasteiger partial charge on any atom is 0.431 e. The van der Waals surface area contributed by atoms with Crippen molar-refractivity contribution in [3.05, 3.63) is 0 Å². The molecule has 0 aromatic heterocycles. The molecular formula is C17H34N4O8. The predicted octanol–water partition coefficient (Wildman–Crippen LogP) is -1.32. The van der Waals surface area contributed by atoms with Gasteiger partial charge >= 0.3 is 6.09 Å². The van der Waals surface area contributed by atoms with Crippen molar-refractivity contribution in [3.63, 3.8) is 0 Å². The van der Waals surface area contributed by atoms with Gasteiger partial charge < -0.3 is 35.3 Å². The zero-order valence-electron chi connectivity index (χ0n) is 17.4. The monoisotopic (exact) mass is 422 g/mol. The average Bonchev–Trinajstić information content (AvgIpc) is 2.63. The van der Waals surface area contributed by atoms with Crippen LogP contribution in [0.15, 0.2) is 0 Å². The maximum atomic E-state index is 11.6. The van der Waals surface area contributed by atoms with E-state index in [9.17, 15) is 14.4 Å². The van der Waals surface area contributed by atoms with E-state index >= 15 is 0 Å².